The number of benzene rings is 1. The average Bonchev–Trinajstić information content (AvgIpc) is 3.24. The van der Waals surface area contributed by atoms with Crippen LogP contribution in [-0.2, 0) is 0 Å². The van der Waals surface area contributed by atoms with Gasteiger partial charge in [0.1, 0.15) is 5.75 Å². The zero-order chi connectivity index (χ0) is 20.1. The van der Waals surface area contributed by atoms with Crippen molar-refractivity contribution in [2.45, 2.75) is 20.0 Å². The highest BCUT2D eigenvalue weighted by molar-refractivity contribution is 6.11. The quantitative estimate of drug-likeness (QED) is 0.745. The normalized spacial score (nSPS) is 15.9. The highest BCUT2D eigenvalue weighted by atomic mass is 19.3. The Bertz CT molecular complexity index is 974. The van der Waals surface area contributed by atoms with Gasteiger partial charge < -0.3 is 14.9 Å². The molecule has 0 atom stereocenters. The van der Waals surface area contributed by atoms with Gasteiger partial charge in [-0.05, 0) is 68.1 Å². The maximum atomic E-state index is 12.6. The fraction of sp³-hybridized carbons (Fsp3) is 0.190. The second kappa shape index (κ2) is 8.84. The van der Waals surface area contributed by atoms with Crippen LogP contribution in [0.3, 0.4) is 0 Å². The van der Waals surface area contributed by atoms with Crippen molar-refractivity contribution in [1.82, 2.24) is 4.48 Å². The standard InChI is InChI=1S/C21H22BF2N3O/c1-14-13-16(9-8-15-5-2-3-7-19(15)28-21(23)24)26-20(14)17(10-11-25)18-6-4-12-27(18)22/h2-9,12-13,21H,10-11,22,25H2,1H3/b9-8+,20-17-. The van der Waals surface area contributed by atoms with Crippen molar-refractivity contribution in [3.05, 3.63) is 77.3 Å². The molecule has 0 fully saturated rings. The van der Waals surface area contributed by atoms with Crippen LogP contribution in [0, 0.1) is 0 Å². The highest BCUT2D eigenvalue weighted by Crippen LogP contribution is 2.31. The molecule has 1 aliphatic heterocycles. The number of nitrogens with zero attached hydrogens (tertiary/aromatic N) is 2. The Kier molecular flexibility index (Phi) is 6.26. The van der Waals surface area contributed by atoms with Crippen LogP contribution in [-0.4, -0.2) is 31.3 Å². The SMILES string of the molecule is Bn1cccc1/C(CCN)=C1N=C(/C=C/c2ccccc2OC(F)F)C=C\1C. The Balaban J connectivity index is 1.93. The number of hydrogen-bond acceptors (Lipinski definition) is 3. The molecule has 28 heavy (non-hydrogen) atoms. The number of nitrogens with two attached hydrogens (primary N) is 1. The molecule has 2 heterocycles. The van der Waals surface area contributed by atoms with E-state index in [9.17, 15) is 8.78 Å². The fourth-order valence-corrected chi connectivity index (χ4v) is 3.21. The van der Waals surface area contributed by atoms with Crippen LogP contribution in [0.5, 0.6) is 5.75 Å². The minimum absolute atomic E-state index is 0.136. The van der Waals surface area contributed by atoms with E-state index in [4.69, 9.17) is 10.7 Å². The first kappa shape index (κ1) is 19.8. The molecule has 2 N–H and O–H groups in total. The second-order valence-electron chi connectivity index (χ2n) is 6.48. The lowest BCUT2D eigenvalue weighted by atomic mass is 10.0. The summed E-state index contributed by atoms with van der Waals surface area (Å²) in [5.41, 5.74) is 11.3. The van der Waals surface area contributed by atoms with Gasteiger partial charge >= 0.3 is 6.61 Å². The van der Waals surface area contributed by atoms with Crippen LogP contribution in [0.2, 0.25) is 0 Å². The zero-order valence-corrected chi connectivity index (χ0v) is 15.9. The molecule has 0 aliphatic carbocycles. The first-order valence-electron chi connectivity index (χ1n) is 9.04. The van der Waals surface area contributed by atoms with E-state index in [2.05, 4.69) is 4.74 Å². The van der Waals surface area contributed by atoms with Gasteiger partial charge in [-0.2, -0.15) is 8.78 Å². The second-order valence-corrected chi connectivity index (χ2v) is 6.48. The van der Waals surface area contributed by atoms with Gasteiger partial charge in [-0.15, -0.1) is 0 Å². The van der Waals surface area contributed by atoms with Crippen LogP contribution in [0.4, 0.5) is 8.78 Å². The predicted molar refractivity (Wildman–Crippen MR) is 112 cm³/mol. The molecule has 1 aromatic carbocycles. The van der Waals surface area contributed by atoms with E-state index in [0.29, 0.717) is 18.5 Å². The third kappa shape index (κ3) is 4.48. The molecule has 4 nitrogen and oxygen atoms in total. The molecule has 1 aliphatic rings. The summed E-state index contributed by atoms with van der Waals surface area (Å²) in [6.45, 7) is -0.331. The summed E-state index contributed by atoms with van der Waals surface area (Å²) in [6.07, 6.45) is 8.21. The smallest absolute Gasteiger partial charge is 0.387 e. The minimum Gasteiger partial charge on any atom is -0.434 e. The summed E-state index contributed by atoms with van der Waals surface area (Å²) >= 11 is 0. The van der Waals surface area contributed by atoms with Crippen LogP contribution in [0.25, 0.3) is 11.6 Å². The first-order chi connectivity index (χ1) is 13.5. The summed E-state index contributed by atoms with van der Waals surface area (Å²) in [6, 6.07) is 10.7. The largest absolute Gasteiger partial charge is 0.434 e. The molecule has 1 aromatic heterocycles. The Morgan fingerprint density at radius 1 is 1.25 bits per heavy atom. The number of halogens is 2. The lowest BCUT2D eigenvalue weighted by molar-refractivity contribution is -0.0499. The molecule has 0 bridgehead atoms. The van der Waals surface area contributed by atoms with Gasteiger partial charge in [-0.25, -0.2) is 4.99 Å². The molecule has 0 unspecified atom stereocenters. The first-order valence-corrected chi connectivity index (χ1v) is 9.04. The number of allylic oxidation sites excluding steroid dienone is 3. The number of alkyl halides is 2. The topological polar surface area (TPSA) is 52.5 Å². The van der Waals surface area contributed by atoms with E-state index in [1.165, 1.54) is 6.07 Å². The monoisotopic (exact) mass is 381 g/mol. The molecule has 7 heteroatoms. The summed E-state index contributed by atoms with van der Waals surface area (Å²) < 4.78 is 31.8. The number of aliphatic imine (C=N–C) groups is 1. The van der Waals surface area contributed by atoms with Crippen molar-refractivity contribution in [3.63, 3.8) is 0 Å². The third-order valence-electron chi connectivity index (χ3n) is 4.48. The van der Waals surface area contributed by atoms with Crippen molar-refractivity contribution < 1.29 is 13.5 Å². The van der Waals surface area contributed by atoms with E-state index >= 15 is 0 Å². The average molecular weight is 381 g/mol. The van der Waals surface area contributed by atoms with Gasteiger partial charge in [0.2, 0.25) is 7.98 Å². The van der Waals surface area contributed by atoms with E-state index in [1.807, 2.05) is 43.8 Å². The van der Waals surface area contributed by atoms with Gasteiger partial charge in [-0.1, -0.05) is 18.2 Å². The number of aromatic nitrogens is 1. The van der Waals surface area contributed by atoms with Crippen LogP contribution in [0.1, 0.15) is 24.6 Å². The molecule has 0 saturated heterocycles. The lowest BCUT2D eigenvalue weighted by Gasteiger charge is -2.11. The Morgan fingerprint density at radius 3 is 2.71 bits per heavy atom. The number of rotatable bonds is 7. The number of para-hydroxylation sites is 1. The Morgan fingerprint density at radius 2 is 2.04 bits per heavy atom. The molecule has 3 rings (SSSR count). The molecule has 0 amide bonds. The molecular formula is C21H22BF2N3O. The summed E-state index contributed by atoms with van der Waals surface area (Å²) in [4.78, 5) is 4.75. The van der Waals surface area contributed by atoms with E-state index in [0.717, 1.165) is 28.2 Å². The summed E-state index contributed by atoms with van der Waals surface area (Å²) in [5, 5.41) is 0. The summed E-state index contributed by atoms with van der Waals surface area (Å²) in [7, 11) is 1.99. The van der Waals surface area contributed by atoms with Gasteiger partial charge in [0.25, 0.3) is 0 Å². The summed E-state index contributed by atoms with van der Waals surface area (Å²) in [5.74, 6) is 0.136. The molecule has 0 saturated carbocycles. The maximum Gasteiger partial charge on any atom is 0.387 e. The maximum absolute atomic E-state index is 12.6. The number of hydrogen-bond donors (Lipinski definition) is 1. The van der Waals surface area contributed by atoms with Crippen molar-refractivity contribution in [3.8, 4) is 5.75 Å². The Hall–Kier alpha value is -2.93. The third-order valence-corrected chi connectivity index (χ3v) is 4.48. The van der Waals surface area contributed by atoms with Gasteiger partial charge in [0.15, 0.2) is 0 Å². The van der Waals surface area contributed by atoms with Crippen molar-refractivity contribution in [2.24, 2.45) is 10.7 Å². The van der Waals surface area contributed by atoms with Crippen molar-refractivity contribution in [2.75, 3.05) is 6.54 Å². The van der Waals surface area contributed by atoms with Crippen LogP contribution < -0.4 is 10.5 Å². The van der Waals surface area contributed by atoms with Crippen LogP contribution in [0.15, 0.2) is 71.0 Å². The zero-order valence-electron chi connectivity index (χ0n) is 15.9. The van der Waals surface area contributed by atoms with Gasteiger partial charge in [-0.3, -0.25) is 0 Å². The molecule has 144 valence electrons. The molecule has 0 spiro atoms. The lowest BCUT2D eigenvalue weighted by Crippen LogP contribution is -2.05. The van der Waals surface area contributed by atoms with E-state index in [-0.39, 0.29) is 5.75 Å². The van der Waals surface area contributed by atoms with E-state index in [1.54, 1.807) is 30.4 Å². The molecule has 2 aromatic rings. The van der Waals surface area contributed by atoms with Crippen LogP contribution >= 0.6 is 0 Å². The Labute approximate surface area is 164 Å². The van der Waals surface area contributed by atoms with Crippen molar-refractivity contribution in [1.29, 1.82) is 0 Å². The van der Waals surface area contributed by atoms with Gasteiger partial charge in [0.05, 0.1) is 11.4 Å². The molecular weight excluding hydrogens is 359 g/mol. The molecule has 0 radical (unpaired) electrons. The fourth-order valence-electron chi connectivity index (χ4n) is 3.21. The predicted octanol–water partition coefficient (Wildman–Crippen LogP) is 3.66. The highest BCUT2D eigenvalue weighted by Gasteiger charge is 2.17. The number of ether oxygens (including phenoxy) is 1. The van der Waals surface area contributed by atoms with Gasteiger partial charge in [0, 0.05) is 16.8 Å². The minimum atomic E-state index is -2.86. The van der Waals surface area contributed by atoms with Crippen molar-refractivity contribution >= 4 is 25.3 Å². The van der Waals surface area contributed by atoms with E-state index < -0.39 is 6.61 Å².